The minimum Gasteiger partial charge on any atom is -0.478 e. The van der Waals surface area contributed by atoms with E-state index >= 15 is 0 Å². The van der Waals surface area contributed by atoms with Crippen LogP contribution in [0.15, 0.2) is 18.3 Å². The molecule has 0 saturated heterocycles. The summed E-state index contributed by atoms with van der Waals surface area (Å²) in [6.07, 6.45) is 1.30. The van der Waals surface area contributed by atoms with Gasteiger partial charge in [-0.1, -0.05) is 11.8 Å². The fourth-order valence-electron chi connectivity index (χ4n) is 1.30. The molecule has 0 fully saturated rings. The maximum atomic E-state index is 12.0. The van der Waals surface area contributed by atoms with E-state index < -0.39 is 16.6 Å². The van der Waals surface area contributed by atoms with Crippen molar-refractivity contribution in [3.63, 3.8) is 0 Å². The second-order valence-corrected chi connectivity index (χ2v) is 6.09. The summed E-state index contributed by atoms with van der Waals surface area (Å²) >= 11 is 0.900. The van der Waals surface area contributed by atoms with E-state index in [2.05, 4.69) is 10.3 Å². The molecule has 7 heteroatoms. The molecular formula is C12H14N2O4S. The van der Waals surface area contributed by atoms with Gasteiger partial charge in [0.1, 0.15) is 5.82 Å². The van der Waals surface area contributed by atoms with Gasteiger partial charge < -0.3 is 10.4 Å². The number of pyridine rings is 1. The van der Waals surface area contributed by atoms with Gasteiger partial charge in [-0.05, 0) is 26.0 Å². The van der Waals surface area contributed by atoms with Gasteiger partial charge in [-0.15, -0.1) is 0 Å². The van der Waals surface area contributed by atoms with E-state index in [0.717, 1.165) is 11.8 Å². The third-order valence-electron chi connectivity index (χ3n) is 2.19. The molecule has 0 unspecified atom stereocenters. The topological polar surface area (TPSA) is 96.4 Å². The Morgan fingerprint density at radius 2 is 2.00 bits per heavy atom. The van der Waals surface area contributed by atoms with Crippen LogP contribution in [-0.4, -0.2) is 31.8 Å². The van der Waals surface area contributed by atoms with Crippen molar-refractivity contribution in [3.05, 3.63) is 23.9 Å². The van der Waals surface area contributed by atoms with Gasteiger partial charge in [0.15, 0.2) is 5.12 Å². The van der Waals surface area contributed by atoms with Gasteiger partial charge in [0.2, 0.25) is 5.91 Å². The predicted molar refractivity (Wildman–Crippen MR) is 72.2 cm³/mol. The molecule has 0 bridgehead atoms. The lowest BCUT2D eigenvalue weighted by Gasteiger charge is -2.20. The van der Waals surface area contributed by atoms with Crippen molar-refractivity contribution in [2.75, 3.05) is 5.32 Å². The van der Waals surface area contributed by atoms with Crippen molar-refractivity contribution in [2.45, 2.75) is 25.5 Å². The number of nitrogens with zero attached hydrogens (tertiary/aromatic N) is 1. The number of nitrogens with one attached hydrogen (secondary N) is 1. The molecule has 0 aliphatic heterocycles. The smallest absolute Gasteiger partial charge is 0.335 e. The van der Waals surface area contributed by atoms with E-state index in [1.54, 1.807) is 13.8 Å². The summed E-state index contributed by atoms with van der Waals surface area (Å²) in [6, 6.07) is 2.59. The Kier molecular flexibility index (Phi) is 4.66. The van der Waals surface area contributed by atoms with Crippen LogP contribution in [0.2, 0.25) is 0 Å². The number of amides is 1. The van der Waals surface area contributed by atoms with E-state index in [-0.39, 0.29) is 16.5 Å². The number of thioether (sulfide) groups is 1. The zero-order chi connectivity index (χ0) is 14.6. The summed E-state index contributed by atoms with van der Waals surface area (Å²) in [7, 11) is 0. The van der Waals surface area contributed by atoms with E-state index in [9.17, 15) is 14.4 Å². The molecule has 6 nitrogen and oxygen atoms in total. The third kappa shape index (κ3) is 4.36. The number of aromatic nitrogens is 1. The van der Waals surface area contributed by atoms with Crippen LogP contribution in [-0.2, 0) is 9.59 Å². The van der Waals surface area contributed by atoms with E-state index in [1.165, 1.54) is 25.3 Å². The van der Waals surface area contributed by atoms with Crippen LogP contribution in [0.25, 0.3) is 0 Å². The minimum atomic E-state index is -1.10. The first-order valence-corrected chi connectivity index (χ1v) is 6.24. The summed E-state index contributed by atoms with van der Waals surface area (Å²) in [6.45, 7) is 4.59. The molecule has 19 heavy (non-hydrogen) atoms. The molecule has 0 radical (unpaired) electrons. The van der Waals surface area contributed by atoms with Crippen LogP contribution in [0.5, 0.6) is 0 Å². The number of rotatable bonds is 4. The normalized spacial score (nSPS) is 10.9. The molecule has 1 aromatic rings. The molecule has 0 aliphatic rings. The second kappa shape index (κ2) is 5.83. The van der Waals surface area contributed by atoms with Crippen molar-refractivity contribution >= 4 is 34.6 Å². The summed E-state index contributed by atoms with van der Waals surface area (Å²) in [5.41, 5.74) is 0.0299. The molecule has 1 amide bonds. The number of carboxylic acids is 1. The standard InChI is InChI=1S/C12H14N2O4S/c1-7(15)19-12(2,3)11(18)14-9-6-8(10(16)17)4-5-13-9/h4-6H,1-3H3,(H,16,17)(H,13,14,18). The van der Waals surface area contributed by atoms with E-state index in [4.69, 9.17) is 5.11 Å². The maximum Gasteiger partial charge on any atom is 0.335 e. The van der Waals surface area contributed by atoms with Gasteiger partial charge in [0.05, 0.1) is 10.3 Å². The van der Waals surface area contributed by atoms with Gasteiger partial charge in [-0.2, -0.15) is 0 Å². The molecule has 0 aliphatic carbocycles. The Balaban J connectivity index is 2.85. The zero-order valence-electron chi connectivity index (χ0n) is 10.8. The lowest BCUT2D eigenvalue weighted by molar-refractivity contribution is -0.118. The molecule has 0 aromatic carbocycles. The monoisotopic (exact) mass is 282 g/mol. The molecule has 102 valence electrons. The van der Waals surface area contributed by atoms with Gasteiger partial charge >= 0.3 is 5.97 Å². The predicted octanol–water partition coefficient (Wildman–Crippen LogP) is 1.78. The van der Waals surface area contributed by atoms with Gasteiger partial charge in [0.25, 0.3) is 0 Å². The van der Waals surface area contributed by atoms with Crippen molar-refractivity contribution in [1.29, 1.82) is 0 Å². The summed E-state index contributed by atoms with van der Waals surface area (Å²) in [4.78, 5) is 37.7. The second-order valence-electron chi connectivity index (χ2n) is 4.29. The highest BCUT2D eigenvalue weighted by Crippen LogP contribution is 2.26. The number of anilines is 1. The number of aromatic carboxylic acids is 1. The molecule has 1 aromatic heterocycles. The molecule has 1 heterocycles. The Labute approximate surface area is 114 Å². The fraction of sp³-hybridized carbons (Fsp3) is 0.333. The van der Waals surface area contributed by atoms with E-state index in [0.29, 0.717) is 0 Å². The molecule has 2 N–H and O–H groups in total. The van der Waals surface area contributed by atoms with Crippen LogP contribution >= 0.6 is 11.8 Å². The SMILES string of the molecule is CC(=O)SC(C)(C)C(=O)Nc1cc(C(=O)O)ccn1. The van der Waals surface area contributed by atoms with Crippen molar-refractivity contribution in [1.82, 2.24) is 4.98 Å². The number of hydrogen-bond donors (Lipinski definition) is 2. The third-order valence-corrected chi connectivity index (χ3v) is 3.18. The molecule has 0 spiro atoms. The van der Waals surface area contributed by atoms with Crippen molar-refractivity contribution < 1.29 is 19.5 Å². The largest absolute Gasteiger partial charge is 0.478 e. The first-order valence-electron chi connectivity index (χ1n) is 5.43. The zero-order valence-corrected chi connectivity index (χ0v) is 11.6. The maximum absolute atomic E-state index is 12.0. The number of carbonyl (C=O) groups excluding carboxylic acids is 2. The quantitative estimate of drug-likeness (QED) is 0.873. The summed E-state index contributed by atoms with van der Waals surface area (Å²) < 4.78 is -0.952. The number of carbonyl (C=O) groups is 3. The van der Waals surface area contributed by atoms with Gasteiger partial charge in [-0.3, -0.25) is 9.59 Å². The fourth-order valence-corrected chi connectivity index (χ4v) is 2.17. The summed E-state index contributed by atoms with van der Waals surface area (Å²) in [5, 5.41) is 11.2. The van der Waals surface area contributed by atoms with Crippen LogP contribution in [0, 0.1) is 0 Å². The van der Waals surface area contributed by atoms with Crippen molar-refractivity contribution in [2.24, 2.45) is 0 Å². The lowest BCUT2D eigenvalue weighted by Crippen LogP contribution is -2.35. The highest BCUT2D eigenvalue weighted by molar-refractivity contribution is 8.15. The van der Waals surface area contributed by atoms with Crippen LogP contribution in [0.4, 0.5) is 5.82 Å². The first kappa shape index (κ1) is 15.2. The molecule has 0 atom stereocenters. The van der Waals surface area contributed by atoms with Gasteiger partial charge in [0, 0.05) is 13.1 Å². The first-order chi connectivity index (χ1) is 8.72. The molecule has 1 rings (SSSR count). The average molecular weight is 282 g/mol. The Morgan fingerprint density at radius 1 is 1.37 bits per heavy atom. The number of carboxylic acid groups (broad SMARTS) is 1. The van der Waals surface area contributed by atoms with Crippen LogP contribution in [0.1, 0.15) is 31.1 Å². The van der Waals surface area contributed by atoms with E-state index in [1.807, 2.05) is 0 Å². The number of hydrogen-bond acceptors (Lipinski definition) is 5. The Bertz CT molecular complexity index is 528. The molecule has 0 saturated carbocycles. The van der Waals surface area contributed by atoms with Crippen molar-refractivity contribution in [3.8, 4) is 0 Å². The average Bonchev–Trinajstić information content (AvgIpc) is 2.27. The van der Waals surface area contributed by atoms with Crippen LogP contribution < -0.4 is 5.32 Å². The lowest BCUT2D eigenvalue weighted by atomic mass is 10.2. The Hall–Kier alpha value is -1.89. The highest BCUT2D eigenvalue weighted by Gasteiger charge is 2.30. The summed E-state index contributed by atoms with van der Waals surface area (Å²) in [5.74, 6) is -1.37. The Morgan fingerprint density at radius 3 is 2.53 bits per heavy atom. The van der Waals surface area contributed by atoms with Gasteiger partial charge in [-0.25, -0.2) is 9.78 Å². The van der Waals surface area contributed by atoms with Crippen LogP contribution in [0.3, 0.4) is 0 Å². The highest BCUT2D eigenvalue weighted by atomic mass is 32.2. The molecular weight excluding hydrogens is 268 g/mol. The minimum absolute atomic E-state index is 0.0299.